The normalized spacial score (nSPS) is 10.7. The highest BCUT2D eigenvalue weighted by molar-refractivity contribution is 9.10. The maximum absolute atomic E-state index is 12.5. The van der Waals surface area contributed by atoms with Crippen molar-refractivity contribution in [3.8, 4) is 23.0 Å². The first kappa shape index (κ1) is 32.9. The van der Waals surface area contributed by atoms with Crippen LogP contribution < -0.4 is 35.0 Å². The van der Waals surface area contributed by atoms with Crippen LogP contribution in [-0.2, 0) is 20.8 Å². The summed E-state index contributed by atoms with van der Waals surface area (Å²) in [5, 5.41) is 9.25. The topological polar surface area (TPSA) is 137 Å². The van der Waals surface area contributed by atoms with Gasteiger partial charge in [0.25, 0.3) is 5.91 Å². The standard InChI is InChI=1S/C31H35BrN4O7/c1-6-42-27-16-22(14-24(32)29(27)43-18-28(37)35-23-9-7-19(2)20(3)13-23)17-34-36-31(39)30(38)33-12-11-21-8-10-25(40-4)26(15-21)41-5/h7-10,13-17H,6,11-12,18H2,1-5H3,(H,33,38)(H,35,37)(H,36,39)/b34-17-. The molecule has 0 bridgehead atoms. The van der Waals surface area contributed by atoms with Gasteiger partial charge in [-0.2, -0.15) is 5.10 Å². The molecule has 0 aromatic heterocycles. The van der Waals surface area contributed by atoms with Crippen molar-refractivity contribution in [3.63, 3.8) is 0 Å². The number of carbonyl (C=O) groups excluding carboxylic acids is 3. The number of rotatable bonds is 13. The van der Waals surface area contributed by atoms with Crippen molar-refractivity contribution in [2.75, 3.05) is 39.3 Å². The van der Waals surface area contributed by atoms with Crippen LogP contribution in [0.4, 0.5) is 5.69 Å². The Labute approximate surface area is 259 Å². The zero-order chi connectivity index (χ0) is 31.4. The first-order valence-corrected chi connectivity index (χ1v) is 14.2. The van der Waals surface area contributed by atoms with E-state index in [9.17, 15) is 14.4 Å². The summed E-state index contributed by atoms with van der Waals surface area (Å²) in [6.45, 7) is 6.13. The lowest BCUT2D eigenvalue weighted by molar-refractivity contribution is -0.139. The summed E-state index contributed by atoms with van der Waals surface area (Å²) < 4.78 is 22.5. The SMILES string of the molecule is CCOc1cc(/C=N\NC(=O)C(=O)NCCc2ccc(OC)c(OC)c2)cc(Br)c1OCC(=O)Nc1ccc(C)c(C)c1. The Hall–Kier alpha value is -4.58. The Kier molecular flexibility index (Phi) is 12.4. The Bertz CT molecular complexity index is 1490. The minimum atomic E-state index is -0.914. The molecule has 3 amide bonds. The Balaban J connectivity index is 1.53. The van der Waals surface area contributed by atoms with Crippen LogP contribution in [0.1, 0.15) is 29.2 Å². The monoisotopic (exact) mass is 654 g/mol. The molecule has 0 radical (unpaired) electrons. The highest BCUT2D eigenvalue weighted by Gasteiger charge is 2.15. The van der Waals surface area contributed by atoms with E-state index in [1.165, 1.54) is 6.21 Å². The van der Waals surface area contributed by atoms with Gasteiger partial charge < -0.3 is 29.6 Å². The van der Waals surface area contributed by atoms with Gasteiger partial charge in [-0.1, -0.05) is 12.1 Å². The lowest BCUT2D eigenvalue weighted by Gasteiger charge is -2.15. The number of hydrogen-bond acceptors (Lipinski definition) is 8. The third kappa shape index (κ3) is 9.74. The first-order valence-electron chi connectivity index (χ1n) is 13.4. The van der Waals surface area contributed by atoms with E-state index in [4.69, 9.17) is 18.9 Å². The molecule has 3 aromatic carbocycles. The van der Waals surface area contributed by atoms with Crippen molar-refractivity contribution >= 4 is 45.6 Å². The number of benzene rings is 3. The molecule has 0 aliphatic heterocycles. The lowest BCUT2D eigenvalue weighted by Crippen LogP contribution is -2.38. The molecule has 0 saturated heterocycles. The average molecular weight is 656 g/mol. The van der Waals surface area contributed by atoms with Crippen molar-refractivity contribution in [3.05, 3.63) is 75.3 Å². The van der Waals surface area contributed by atoms with Gasteiger partial charge >= 0.3 is 11.8 Å². The molecular weight excluding hydrogens is 620 g/mol. The molecule has 0 heterocycles. The van der Waals surface area contributed by atoms with Crippen molar-refractivity contribution < 1.29 is 33.3 Å². The third-order valence-electron chi connectivity index (χ3n) is 6.20. The molecule has 11 nitrogen and oxygen atoms in total. The first-order chi connectivity index (χ1) is 20.6. The van der Waals surface area contributed by atoms with Gasteiger partial charge in [-0.25, -0.2) is 5.43 Å². The highest BCUT2D eigenvalue weighted by Crippen LogP contribution is 2.36. The van der Waals surface area contributed by atoms with E-state index in [1.54, 1.807) is 38.5 Å². The van der Waals surface area contributed by atoms with Crippen LogP contribution in [0.15, 0.2) is 58.1 Å². The summed E-state index contributed by atoms with van der Waals surface area (Å²) in [5.74, 6) is -0.169. The van der Waals surface area contributed by atoms with Gasteiger partial charge in [0.05, 0.1) is 31.5 Å². The minimum absolute atomic E-state index is 0.236. The van der Waals surface area contributed by atoms with Crippen LogP contribution in [0.25, 0.3) is 0 Å². The van der Waals surface area contributed by atoms with Crippen molar-refractivity contribution in [1.82, 2.24) is 10.7 Å². The Morgan fingerprint density at radius 1 is 0.884 bits per heavy atom. The van der Waals surface area contributed by atoms with Gasteiger partial charge in [0.2, 0.25) is 0 Å². The fourth-order valence-electron chi connectivity index (χ4n) is 3.87. The van der Waals surface area contributed by atoms with Crippen LogP contribution >= 0.6 is 15.9 Å². The molecule has 0 atom stereocenters. The second-order valence-electron chi connectivity index (χ2n) is 9.29. The van der Waals surface area contributed by atoms with Crippen LogP contribution in [0.5, 0.6) is 23.0 Å². The summed E-state index contributed by atoms with van der Waals surface area (Å²) in [7, 11) is 3.10. The van der Waals surface area contributed by atoms with Crippen molar-refractivity contribution in [2.45, 2.75) is 27.2 Å². The quantitative estimate of drug-likeness (QED) is 0.142. The minimum Gasteiger partial charge on any atom is -0.493 e. The lowest BCUT2D eigenvalue weighted by atomic mass is 10.1. The highest BCUT2D eigenvalue weighted by atomic mass is 79.9. The molecule has 12 heteroatoms. The van der Waals surface area contributed by atoms with E-state index in [0.29, 0.717) is 51.7 Å². The maximum atomic E-state index is 12.5. The Morgan fingerprint density at radius 2 is 1.65 bits per heavy atom. The number of nitrogens with zero attached hydrogens (tertiary/aromatic N) is 1. The van der Waals surface area contributed by atoms with Crippen LogP contribution in [0.3, 0.4) is 0 Å². The maximum Gasteiger partial charge on any atom is 0.329 e. The zero-order valence-electron chi connectivity index (χ0n) is 24.7. The van der Waals surface area contributed by atoms with E-state index < -0.39 is 11.8 Å². The number of anilines is 1. The van der Waals surface area contributed by atoms with Crippen LogP contribution in [0.2, 0.25) is 0 Å². The number of hydrazone groups is 1. The fourth-order valence-corrected chi connectivity index (χ4v) is 4.45. The summed E-state index contributed by atoms with van der Waals surface area (Å²) in [5.41, 5.74) is 6.55. The number of halogens is 1. The molecule has 0 aliphatic carbocycles. The molecule has 0 unspecified atom stereocenters. The predicted octanol–water partition coefficient (Wildman–Crippen LogP) is 4.31. The number of ether oxygens (including phenoxy) is 4. The zero-order valence-corrected chi connectivity index (χ0v) is 26.3. The summed E-state index contributed by atoms with van der Waals surface area (Å²) >= 11 is 3.45. The number of methoxy groups -OCH3 is 2. The smallest absolute Gasteiger partial charge is 0.329 e. The molecule has 43 heavy (non-hydrogen) atoms. The van der Waals surface area contributed by atoms with E-state index in [2.05, 4.69) is 37.1 Å². The number of carbonyl (C=O) groups is 3. The molecular formula is C31H35BrN4O7. The molecule has 3 N–H and O–H groups in total. The summed E-state index contributed by atoms with van der Waals surface area (Å²) in [6, 6.07) is 14.4. The summed E-state index contributed by atoms with van der Waals surface area (Å²) in [4.78, 5) is 36.9. The molecule has 0 saturated carbocycles. The van der Waals surface area contributed by atoms with Crippen molar-refractivity contribution in [2.24, 2.45) is 5.10 Å². The number of nitrogens with one attached hydrogen (secondary N) is 3. The van der Waals surface area contributed by atoms with Gasteiger partial charge in [0, 0.05) is 12.2 Å². The van der Waals surface area contributed by atoms with Gasteiger partial charge in [0.15, 0.2) is 29.6 Å². The number of aryl methyl sites for hydroxylation is 2. The van der Waals surface area contributed by atoms with Gasteiger partial charge in [-0.15, -0.1) is 0 Å². The predicted molar refractivity (Wildman–Crippen MR) is 167 cm³/mol. The molecule has 0 spiro atoms. The third-order valence-corrected chi connectivity index (χ3v) is 6.79. The van der Waals surface area contributed by atoms with Gasteiger partial charge in [0.1, 0.15) is 0 Å². The molecule has 0 fully saturated rings. The Morgan fingerprint density at radius 3 is 2.35 bits per heavy atom. The second-order valence-corrected chi connectivity index (χ2v) is 10.1. The van der Waals surface area contributed by atoms with E-state index in [0.717, 1.165) is 16.7 Å². The average Bonchev–Trinajstić information content (AvgIpc) is 2.98. The van der Waals surface area contributed by atoms with E-state index in [-0.39, 0.29) is 19.1 Å². The van der Waals surface area contributed by atoms with Crippen molar-refractivity contribution in [1.29, 1.82) is 0 Å². The van der Waals surface area contributed by atoms with E-state index >= 15 is 0 Å². The molecule has 3 rings (SSSR count). The largest absolute Gasteiger partial charge is 0.493 e. The second kappa shape index (κ2) is 16.2. The van der Waals surface area contributed by atoms with Crippen LogP contribution in [0, 0.1) is 13.8 Å². The number of hydrogen-bond donors (Lipinski definition) is 3. The summed E-state index contributed by atoms with van der Waals surface area (Å²) in [6.07, 6.45) is 1.84. The van der Waals surface area contributed by atoms with Gasteiger partial charge in [-0.05, 0) is 102 Å². The van der Waals surface area contributed by atoms with Gasteiger partial charge in [-0.3, -0.25) is 14.4 Å². The molecule has 3 aromatic rings. The molecule has 0 aliphatic rings. The number of amides is 3. The van der Waals surface area contributed by atoms with Crippen LogP contribution in [-0.4, -0.2) is 57.9 Å². The molecule has 228 valence electrons. The van der Waals surface area contributed by atoms with E-state index in [1.807, 2.05) is 45.0 Å². The fraction of sp³-hybridized carbons (Fsp3) is 0.290.